The van der Waals surface area contributed by atoms with Crippen LogP contribution in [-0.4, -0.2) is 20.5 Å². The molecule has 4 rings (SSSR count). The Morgan fingerprint density at radius 2 is 2.12 bits per heavy atom. The molecule has 1 aliphatic carbocycles. The Kier molecular flexibility index (Phi) is 4.08. The molecule has 0 N–H and O–H groups in total. The largest absolute Gasteiger partial charge is 0.283 e. The third-order valence-electron chi connectivity index (χ3n) is 4.86. The maximum atomic E-state index is 6.96. The smallest absolute Gasteiger partial charge is 0.164 e. The first-order valence-corrected chi connectivity index (χ1v) is 9.10. The molecule has 0 amide bonds. The van der Waals surface area contributed by atoms with Crippen LogP contribution in [0.1, 0.15) is 54.4 Å². The van der Waals surface area contributed by atoms with Crippen LogP contribution in [0.4, 0.5) is 0 Å². The number of aliphatic imine (C=N–C) groups is 1. The molecule has 5 heteroatoms. The van der Waals surface area contributed by atoms with E-state index < -0.39 is 0 Å². The maximum absolute atomic E-state index is 6.96. The van der Waals surface area contributed by atoms with Crippen LogP contribution in [0.5, 0.6) is 0 Å². The first kappa shape index (κ1) is 16.3. The Hall–Kier alpha value is -2.20. The third-order valence-corrected chi connectivity index (χ3v) is 5.26. The number of aryl methyl sites for hydroxylation is 2. The lowest BCUT2D eigenvalue weighted by molar-refractivity contribution is 0.759. The molecule has 128 valence electrons. The molecule has 2 aliphatic rings. The average molecular weight is 353 g/mol. The van der Waals surface area contributed by atoms with E-state index in [-0.39, 0.29) is 5.92 Å². The molecule has 0 saturated heterocycles. The first-order valence-electron chi connectivity index (χ1n) is 8.73. The zero-order valence-corrected chi connectivity index (χ0v) is 15.5. The molecule has 0 aromatic carbocycles. The highest BCUT2D eigenvalue weighted by molar-refractivity contribution is 6.35. The SMILES string of the molecule is CCc1nc2c(c(Cl)c1C1C=CC=CC1)C(C)=NCc1cc(C)nn1-2. The second-order valence-corrected chi connectivity index (χ2v) is 6.96. The fraction of sp³-hybridized carbons (Fsp3) is 0.350. The van der Waals surface area contributed by atoms with E-state index in [0.29, 0.717) is 6.54 Å². The molecule has 0 fully saturated rings. The Labute approximate surface area is 153 Å². The predicted molar refractivity (Wildman–Crippen MR) is 102 cm³/mol. The maximum Gasteiger partial charge on any atom is 0.164 e. The molecule has 0 spiro atoms. The van der Waals surface area contributed by atoms with Crippen molar-refractivity contribution in [3.63, 3.8) is 0 Å². The number of aromatic nitrogens is 3. The fourth-order valence-electron chi connectivity index (χ4n) is 3.65. The molecule has 1 unspecified atom stereocenters. The minimum atomic E-state index is 0.264. The number of rotatable bonds is 2. The van der Waals surface area contributed by atoms with Gasteiger partial charge in [-0.25, -0.2) is 9.67 Å². The van der Waals surface area contributed by atoms with Crippen molar-refractivity contribution in [3.05, 3.63) is 63.6 Å². The standard InChI is InChI=1S/C20H21ClN4/c1-4-16-18(14-8-6-5-7-9-14)19(21)17-13(3)22-11-15-10-12(2)24-25(15)20(17)23-16/h5-8,10,14H,4,9,11H2,1-3H3. The van der Waals surface area contributed by atoms with E-state index in [4.69, 9.17) is 21.6 Å². The number of allylic oxidation sites excluding steroid dienone is 4. The van der Waals surface area contributed by atoms with Gasteiger partial charge in [0.2, 0.25) is 0 Å². The highest BCUT2D eigenvalue weighted by Crippen LogP contribution is 2.38. The summed E-state index contributed by atoms with van der Waals surface area (Å²) in [6.45, 7) is 6.73. The van der Waals surface area contributed by atoms with Gasteiger partial charge in [-0.3, -0.25) is 4.99 Å². The second-order valence-electron chi connectivity index (χ2n) is 6.58. The van der Waals surface area contributed by atoms with Crippen LogP contribution in [0.3, 0.4) is 0 Å². The zero-order valence-electron chi connectivity index (χ0n) is 14.8. The average Bonchev–Trinajstić information content (AvgIpc) is 2.94. The lowest BCUT2D eigenvalue weighted by Gasteiger charge is -2.22. The van der Waals surface area contributed by atoms with Crippen LogP contribution in [0.15, 0.2) is 35.4 Å². The van der Waals surface area contributed by atoms with Crippen LogP contribution in [0.25, 0.3) is 5.82 Å². The predicted octanol–water partition coefficient (Wildman–Crippen LogP) is 4.71. The number of nitrogens with zero attached hydrogens (tertiary/aromatic N) is 4. The van der Waals surface area contributed by atoms with Gasteiger partial charge in [-0.1, -0.05) is 42.8 Å². The topological polar surface area (TPSA) is 43.1 Å². The van der Waals surface area contributed by atoms with E-state index in [1.54, 1.807) is 0 Å². The van der Waals surface area contributed by atoms with Gasteiger partial charge in [-0.05, 0) is 32.8 Å². The van der Waals surface area contributed by atoms with Crippen LogP contribution in [-0.2, 0) is 13.0 Å². The van der Waals surface area contributed by atoms with Crippen molar-refractivity contribution in [3.8, 4) is 5.82 Å². The normalized spacial score (nSPS) is 18.6. The summed E-state index contributed by atoms with van der Waals surface area (Å²) in [5, 5.41) is 5.41. The molecule has 0 radical (unpaired) electrons. The molecule has 1 atom stereocenters. The summed E-state index contributed by atoms with van der Waals surface area (Å²) in [5.74, 6) is 1.07. The van der Waals surface area contributed by atoms with Crippen LogP contribution in [0, 0.1) is 6.92 Å². The molecule has 2 aromatic heterocycles. The fourth-order valence-corrected chi connectivity index (χ4v) is 4.12. The first-order chi connectivity index (χ1) is 12.1. The van der Waals surface area contributed by atoms with E-state index in [1.165, 1.54) is 0 Å². The summed E-state index contributed by atoms with van der Waals surface area (Å²) in [4.78, 5) is 9.73. The number of fused-ring (bicyclic) bond motifs is 3. The lowest BCUT2D eigenvalue weighted by atomic mass is 9.89. The number of pyridine rings is 1. The van der Waals surface area contributed by atoms with E-state index in [2.05, 4.69) is 42.4 Å². The Bertz CT molecular complexity index is 934. The molecule has 0 saturated carbocycles. The molecular weight excluding hydrogens is 332 g/mol. The minimum Gasteiger partial charge on any atom is -0.283 e. The van der Waals surface area contributed by atoms with Crippen molar-refractivity contribution >= 4 is 17.3 Å². The van der Waals surface area contributed by atoms with Crippen molar-refractivity contribution in [1.29, 1.82) is 0 Å². The Balaban J connectivity index is 2.00. The molecule has 0 bridgehead atoms. The highest BCUT2D eigenvalue weighted by Gasteiger charge is 2.27. The number of halogens is 1. The van der Waals surface area contributed by atoms with Gasteiger partial charge in [-0.15, -0.1) is 0 Å². The van der Waals surface area contributed by atoms with E-state index >= 15 is 0 Å². The van der Waals surface area contributed by atoms with Gasteiger partial charge >= 0.3 is 0 Å². The Morgan fingerprint density at radius 1 is 1.28 bits per heavy atom. The van der Waals surface area contributed by atoms with Crippen molar-refractivity contribution < 1.29 is 0 Å². The van der Waals surface area contributed by atoms with Gasteiger partial charge in [0.15, 0.2) is 5.82 Å². The summed E-state index contributed by atoms with van der Waals surface area (Å²) in [5.41, 5.74) is 6.03. The third kappa shape index (κ3) is 2.65. The van der Waals surface area contributed by atoms with E-state index in [1.807, 2.05) is 18.5 Å². The summed E-state index contributed by atoms with van der Waals surface area (Å²) >= 11 is 6.96. The molecule has 2 aromatic rings. The van der Waals surface area contributed by atoms with Crippen LogP contribution >= 0.6 is 11.6 Å². The monoisotopic (exact) mass is 352 g/mol. The second kappa shape index (κ2) is 6.26. The summed E-state index contributed by atoms with van der Waals surface area (Å²) in [7, 11) is 0. The number of hydrogen-bond donors (Lipinski definition) is 0. The quantitative estimate of drug-likeness (QED) is 0.785. The van der Waals surface area contributed by atoms with Gasteiger partial charge in [0.25, 0.3) is 0 Å². The van der Waals surface area contributed by atoms with E-state index in [9.17, 15) is 0 Å². The van der Waals surface area contributed by atoms with Crippen molar-refractivity contribution in [2.75, 3.05) is 0 Å². The molecule has 25 heavy (non-hydrogen) atoms. The molecule has 3 heterocycles. The van der Waals surface area contributed by atoms with Gasteiger partial charge in [-0.2, -0.15) is 5.10 Å². The summed E-state index contributed by atoms with van der Waals surface area (Å²) in [6.07, 6.45) is 10.3. The highest BCUT2D eigenvalue weighted by atomic mass is 35.5. The molecule has 4 nitrogen and oxygen atoms in total. The van der Waals surface area contributed by atoms with Gasteiger partial charge in [0, 0.05) is 22.9 Å². The minimum absolute atomic E-state index is 0.264. The summed E-state index contributed by atoms with van der Waals surface area (Å²) in [6, 6.07) is 2.07. The van der Waals surface area contributed by atoms with E-state index in [0.717, 1.165) is 57.6 Å². The van der Waals surface area contributed by atoms with Gasteiger partial charge in [0.05, 0.1) is 28.5 Å². The molecular formula is C20H21ClN4. The van der Waals surface area contributed by atoms with Gasteiger partial charge < -0.3 is 0 Å². The van der Waals surface area contributed by atoms with Crippen molar-refractivity contribution in [2.45, 2.75) is 46.1 Å². The van der Waals surface area contributed by atoms with Crippen molar-refractivity contribution in [1.82, 2.24) is 14.8 Å². The molecule has 1 aliphatic heterocycles. The lowest BCUT2D eigenvalue weighted by Crippen LogP contribution is -2.15. The zero-order chi connectivity index (χ0) is 17.6. The van der Waals surface area contributed by atoms with Crippen LogP contribution < -0.4 is 0 Å². The van der Waals surface area contributed by atoms with Crippen LogP contribution in [0.2, 0.25) is 5.02 Å². The van der Waals surface area contributed by atoms with Crippen molar-refractivity contribution in [2.24, 2.45) is 4.99 Å². The van der Waals surface area contributed by atoms with Gasteiger partial charge in [0.1, 0.15) is 0 Å². The Morgan fingerprint density at radius 3 is 2.84 bits per heavy atom. The number of hydrogen-bond acceptors (Lipinski definition) is 3. The summed E-state index contributed by atoms with van der Waals surface area (Å²) < 4.78 is 1.91.